The molecule has 0 aliphatic heterocycles. The Morgan fingerprint density at radius 3 is 2.62 bits per heavy atom. The van der Waals surface area contributed by atoms with Crippen LogP contribution >= 0.6 is 0 Å². The first kappa shape index (κ1) is 12.7. The number of hydrogen-bond acceptors (Lipinski definition) is 2. The normalized spacial score (nSPS) is 11.2. The van der Waals surface area contributed by atoms with E-state index in [9.17, 15) is 0 Å². The Morgan fingerprint density at radius 1 is 1.15 bits per heavy atom. The van der Waals surface area contributed by atoms with Gasteiger partial charge in [0.2, 0.25) is 0 Å². The second kappa shape index (κ2) is 11.7. The molecule has 0 unspecified atom stereocenters. The molecule has 0 aliphatic rings. The zero-order chi connectivity index (χ0) is 9.78. The van der Waals surface area contributed by atoms with E-state index in [1.165, 1.54) is 19.3 Å². The molecule has 0 rings (SSSR count). The molecule has 2 heteroatoms. The molecule has 0 heterocycles. The molecule has 0 aromatic rings. The zero-order valence-corrected chi connectivity index (χ0v) is 9.01. The van der Waals surface area contributed by atoms with Gasteiger partial charge in [-0.1, -0.05) is 31.9 Å². The summed E-state index contributed by atoms with van der Waals surface area (Å²) >= 11 is 0. The van der Waals surface area contributed by atoms with E-state index in [-0.39, 0.29) is 0 Å². The van der Waals surface area contributed by atoms with Crippen molar-refractivity contribution in [3.63, 3.8) is 0 Å². The molecule has 0 radical (unpaired) electrons. The summed E-state index contributed by atoms with van der Waals surface area (Å²) in [6.45, 7) is 5.05. The Balaban J connectivity index is 2.93. The lowest BCUT2D eigenvalue weighted by atomic mass is 10.2. The van der Waals surface area contributed by atoms with Crippen molar-refractivity contribution < 1.29 is 4.74 Å². The van der Waals surface area contributed by atoms with E-state index in [0.29, 0.717) is 0 Å². The molecule has 78 valence electrons. The largest absolute Gasteiger partial charge is 0.383 e. The first-order chi connectivity index (χ1) is 6.41. The smallest absolute Gasteiger partial charge is 0.0587 e. The third kappa shape index (κ3) is 11.7. The molecule has 0 fully saturated rings. The summed E-state index contributed by atoms with van der Waals surface area (Å²) in [6, 6.07) is 0. The van der Waals surface area contributed by atoms with Gasteiger partial charge in [-0.15, -0.1) is 0 Å². The molecule has 13 heavy (non-hydrogen) atoms. The first-order valence-corrected chi connectivity index (χ1v) is 5.26. The number of allylic oxidation sites excluding steroid dienone is 1. The van der Waals surface area contributed by atoms with Gasteiger partial charge < -0.3 is 10.1 Å². The third-order valence-corrected chi connectivity index (χ3v) is 1.86. The Bertz CT molecular complexity index is 113. The summed E-state index contributed by atoms with van der Waals surface area (Å²) < 4.78 is 4.92. The average molecular weight is 185 g/mol. The number of unbranched alkanes of at least 4 members (excludes halogenated alkanes) is 2. The maximum atomic E-state index is 4.92. The summed E-state index contributed by atoms with van der Waals surface area (Å²) in [5.74, 6) is 0. The van der Waals surface area contributed by atoms with Gasteiger partial charge >= 0.3 is 0 Å². The summed E-state index contributed by atoms with van der Waals surface area (Å²) in [5, 5.41) is 3.30. The van der Waals surface area contributed by atoms with Gasteiger partial charge in [0.05, 0.1) is 6.61 Å². The molecule has 0 spiro atoms. The van der Waals surface area contributed by atoms with Crippen molar-refractivity contribution in [3.8, 4) is 0 Å². The van der Waals surface area contributed by atoms with Crippen molar-refractivity contribution in [2.45, 2.75) is 32.6 Å². The highest BCUT2D eigenvalue weighted by Crippen LogP contribution is 1.95. The van der Waals surface area contributed by atoms with E-state index in [1.807, 2.05) is 0 Å². The Labute approximate surface area is 82.4 Å². The van der Waals surface area contributed by atoms with Crippen LogP contribution in [-0.2, 0) is 4.74 Å². The lowest BCUT2D eigenvalue weighted by molar-refractivity contribution is 0.199. The molecular weight excluding hydrogens is 162 g/mol. The van der Waals surface area contributed by atoms with Crippen LogP contribution in [0.3, 0.4) is 0 Å². The maximum absolute atomic E-state index is 4.92. The summed E-state index contributed by atoms with van der Waals surface area (Å²) in [7, 11) is 1.73. The quantitative estimate of drug-likeness (QED) is 0.440. The molecule has 0 aromatic carbocycles. The predicted octanol–water partition coefficient (Wildman–Crippen LogP) is 2.36. The van der Waals surface area contributed by atoms with Crippen LogP contribution in [-0.4, -0.2) is 26.8 Å². The highest BCUT2D eigenvalue weighted by molar-refractivity contribution is 4.81. The molecule has 0 bridgehead atoms. The van der Waals surface area contributed by atoms with Crippen LogP contribution in [0.25, 0.3) is 0 Å². The average Bonchev–Trinajstić information content (AvgIpc) is 2.16. The minimum Gasteiger partial charge on any atom is -0.383 e. The molecule has 0 amide bonds. The van der Waals surface area contributed by atoms with Crippen molar-refractivity contribution in [3.05, 3.63) is 12.2 Å². The van der Waals surface area contributed by atoms with Gasteiger partial charge in [0, 0.05) is 13.7 Å². The van der Waals surface area contributed by atoms with Gasteiger partial charge in [0.25, 0.3) is 0 Å². The van der Waals surface area contributed by atoms with Crippen molar-refractivity contribution >= 4 is 0 Å². The minimum atomic E-state index is 0.805. The van der Waals surface area contributed by atoms with Crippen LogP contribution in [0.5, 0.6) is 0 Å². The molecule has 0 aliphatic carbocycles. The van der Waals surface area contributed by atoms with Crippen molar-refractivity contribution in [1.29, 1.82) is 0 Å². The molecule has 1 N–H and O–H groups in total. The lowest BCUT2D eigenvalue weighted by Crippen LogP contribution is -2.19. The SMILES string of the molecule is CCCCC=CCCNCCOC. The summed E-state index contributed by atoms with van der Waals surface area (Å²) in [4.78, 5) is 0. The topological polar surface area (TPSA) is 21.3 Å². The summed E-state index contributed by atoms with van der Waals surface area (Å²) in [5.41, 5.74) is 0. The molecule has 0 aromatic heterocycles. The van der Waals surface area contributed by atoms with Gasteiger partial charge in [0.15, 0.2) is 0 Å². The van der Waals surface area contributed by atoms with E-state index in [1.54, 1.807) is 7.11 Å². The predicted molar refractivity (Wildman–Crippen MR) is 58.0 cm³/mol. The van der Waals surface area contributed by atoms with Gasteiger partial charge in [0.1, 0.15) is 0 Å². The van der Waals surface area contributed by atoms with Crippen LogP contribution in [0, 0.1) is 0 Å². The standard InChI is InChI=1S/C11H23NO/c1-3-4-5-6-7-8-9-12-10-11-13-2/h6-7,12H,3-5,8-11H2,1-2H3. The highest BCUT2D eigenvalue weighted by atomic mass is 16.5. The molecule has 2 nitrogen and oxygen atoms in total. The zero-order valence-electron chi connectivity index (χ0n) is 9.01. The van der Waals surface area contributed by atoms with Gasteiger partial charge in [-0.3, -0.25) is 0 Å². The molecule has 0 saturated heterocycles. The van der Waals surface area contributed by atoms with Crippen LogP contribution in [0.2, 0.25) is 0 Å². The third-order valence-electron chi connectivity index (χ3n) is 1.86. The van der Waals surface area contributed by atoms with Gasteiger partial charge in [-0.05, 0) is 19.4 Å². The van der Waals surface area contributed by atoms with Crippen LogP contribution in [0.1, 0.15) is 32.6 Å². The van der Waals surface area contributed by atoms with E-state index < -0.39 is 0 Å². The first-order valence-electron chi connectivity index (χ1n) is 5.26. The van der Waals surface area contributed by atoms with Gasteiger partial charge in [-0.2, -0.15) is 0 Å². The Morgan fingerprint density at radius 2 is 1.92 bits per heavy atom. The lowest BCUT2D eigenvalue weighted by Gasteiger charge is -2.00. The van der Waals surface area contributed by atoms with Crippen LogP contribution in [0.15, 0.2) is 12.2 Å². The number of hydrogen-bond donors (Lipinski definition) is 1. The number of rotatable bonds is 9. The monoisotopic (exact) mass is 185 g/mol. The van der Waals surface area contributed by atoms with E-state index in [4.69, 9.17) is 4.74 Å². The van der Waals surface area contributed by atoms with Crippen molar-refractivity contribution in [2.24, 2.45) is 0 Å². The summed E-state index contributed by atoms with van der Waals surface area (Å²) in [6.07, 6.45) is 9.50. The van der Waals surface area contributed by atoms with Crippen LogP contribution < -0.4 is 5.32 Å². The maximum Gasteiger partial charge on any atom is 0.0587 e. The fourth-order valence-corrected chi connectivity index (χ4v) is 1.04. The van der Waals surface area contributed by atoms with Gasteiger partial charge in [-0.25, -0.2) is 0 Å². The van der Waals surface area contributed by atoms with Crippen molar-refractivity contribution in [2.75, 3.05) is 26.8 Å². The van der Waals surface area contributed by atoms with E-state index in [0.717, 1.165) is 26.1 Å². The Kier molecular flexibility index (Phi) is 11.4. The van der Waals surface area contributed by atoms with E-state index in [2.05, 4.69) is 24.4 Å². The highest BCUT2D eigenvalue weighted by Gasteiger charge is 1.83. The fourth-order valence-electron chi connectivity index (χ4n) is 1.04. The minimum absolute atomic E-state index is 0.805. The molecule has 0 atom stereocenters. The van der Waals surface area contributed by atoms with Crippen molar-refractivity contribution in [1.82, 2.24) is 5.32 Å². The van der Waals surface area contributed by atoms with Crippen LogP contribution in [0.4, 0.5) is 0 Å². The number of methoxy groups -OCH3 is 1. The van der Waals surface area contributed by atoms with E-state index >= 15 is 0 Å². The molecule has 0 saturated carbocycles. The molecular formula is C11H23NO. The number of nitrogens with one attached hydrogen (secondary N) is 1. The Hall–Kier alpha value is -0.340. The second-order valence-corrected chi connectivity index (χ2v) is 3.15. The number of ether oxygens (including phenoxy) is 1. The fraction of sp³-hybridized carbons (Fsp3) is 0.818. The second-order valence-electron chi connectivity index (χ2n) is 3.15.